The van der Waals surface area contributed by atoms with Gasteiger partial charge in [0.2, 0.25) is 5.69 Å². The van der Waals surface area contributed by atoms with Crippen molar-refractivity contribution >= 4 is 34.0 Å². The molecule has 0 unspecified atom stereocenters. The zero-order chi connectivity index (χ0) is 18.2. The van der Waals surface area contributed by atoms with Gasteiger partial charge in [-0.1, -0.05) is 61.5 Å². The molecule has 27 heavy (non-hydrogen) atoms. The zero-order valence-corrected chi connectivity index (χ0v) is 15.3. The van der Waals surface area contributed by atoms with Crippen LogP contribution in [0.15, 0.2) is 79.0 Å². The summed E-state index contributed by atoms with van der Waals surface area (Å²) in [5, 5.41) is 1.25. The fourth-order valence-corrected chi connectivity index (χ4v) is 3.92. The number of allylic oxidation sites excluding steroid dienone is 1. The first-order valence-electron chi connectivity index (χ1n) is 9.44. The van der Waals surface area contributed by atoms with Crippen molar-refractivity contribution in [3.63, 3.8) is 0 Å². The lowest BCUT2D eigenvalue weighted by Gasteiger charge is -2.11. The van der Waals surface area contributed by atoms with Crippen LogP contribution in [-0.4, -0.2) is 11.2 Å². The molecular formula is C25H21N2+. The third-order valence-corrected chi connectivity index (χ3v) is 5.37. The van der Waals surface area contributed by atoms with Crippen LogP contribution in [0.3, 0.4) is 0 Å². The molecule has 0 fully saturated rings. The van der Waals surface area contributed by atoms with E-state index in [-0.39, 0.29) is 0 Å². The fourth-order valence-electron chi connectivity index (χ4n) is 3.92. The van der Waals surface area contributed by atoms with E-state index in [1.807, 2.05) is 0 Å². The number of para-hydroxylation sites is 2. The molecule has 0 amide bonds. The van der Waals surface area contributed by atoms with Crippen molar-refractivity contribution in [3.8, 4) is 0 Å². The first kappa shape index (κ1) is 15.8. The van der Waals surface area contributed by atoms with Crippen LogP contribution in [0.1, 0.15) is 29.2 Å². The molecule has 4 aromatic rings. The van der Waals surface area contributed by atoms with E-state index in [0.717, 1.165) is 17.6 Å². The summed E-state index contributed by atoms with van der Waals surface area (Å²) < 4.78 is 0. The molecule has 1 aliphatic heterocycles. The summed E-state index contributed by atoms with van der Waals surface area (Å²) in [7, 11) is 0. The maximum Gasteiger partial charge on any atom is 0.211 e. The van der Waals surface area contributed by atoms with E-state index in [9.17, 15) is 0 Å². The predicted molar refractivity (Wildman–Crippen MR) is 113 cm³/mol. The first-order chi connectivity index (χ1) is 13.3. The topological polar surface area (TPSA) is 29.8 Å². The van der Waals surface area contributed by atoms with Crippen LogP contribution in [0.2, 0.25) is 0 Å². The highest BCUT2D eigenvalue weighted by atomic mass is 14.8. The number of benzene rings is 3. The first-order valence-corrected chi connectivity index (χ1v) is 9.44. The number of fused-ring (bicyclic) bond motifs is 2. The van der Waals surface area contributed by atoms with Gasteiger partial charge in [0, 0.05) is 34.3 Å². The fraction of sp³-hybridized carbons (Fsp3) is 0.0800. The van der Waals surface area contributed by atoms with Crippen molar-refractivity contribution in [1.82, 2.24) is 4.98 Å². The Labute approximate surface area is 158 Å². The average molecular weight is 349 g/mol. The van der Waals surface area contributed by atoms with Crippen molar-refractivity contribution in [2.75, 3.05) is 0 Å². The van der Waals surface area contributed by atoms with Crippen LogP contribution in [0.25, 0.3) is 22.0 Å². The number of nitrogens with one attached hydrogen (secondary N) is 2. The van der Waals surface area contributed by atoms with Gasteiger partial charge in [-0.25, -0.2) is 4.99 Å². The number of H-pyrrole nitrogens is 1. The van der Waals surface area contributed by atoms with E-state index >= 15 is 0 Å². The molecule has 5 rings (SSSR count). The molecule has 0 atom stereocenters. The standard InChI is InChI=1S/C25H20N2/c1-2-17-11-13-18(14-12-17)25(21-15-26-23-9-5-3-7-19(21)23)22-16-27-24-10-6-4-8-20(22)24/h3-16,26H,2H2,1H3/p+1. The van der Waals surface area contributed by atoms with Crippen molar-refractivity contribution in [2.24, 2.45) is 0 Å². The molecule has 2 nitrogen and oxygen atoms in total. The maximum atomic E-state index is 3.44. The van der Waals surface area contributed by atoms with Crippen molar-refractivity contribution in [1.29, 1.82) is 0 Å². The van der Waals surface area contributed by atoms with Gasteiger partial charge >= 0.3 is 0 Å². The quantitative estimate of drug-likeness (QED) is 0.546. The molecule has 1 aromatic heterocycles. The number of aromatic amines is 1. The summed E-state index contributed by atoms with van der Waals surface area (Å²) in [6, 6.07) is 26.0. The third-order valence-electron chi connectivity index (χ3n) is 5.37. The summed E-state index contributed by atoms with van der Waals surface area (Å²) in [6.45, 7) is 2.19. The highest BCUT2D eigenvalue weighted by Crippen LogP contribution is 2.37. The van der Waals surface area contributed by atoms with Gasteiger partial charge in [0.05, 0.1) is 11.1 Å². The van der Waals surface area contributed by atoms with Crippen LogP contribution in [0.4, 0.5) is 5.69 Å². The molecule has 2 heteroatoms. The zero-order valence-electron chi connectivity index (χ0n) is 15.3. The number of aryl methyl sites for hydroxylation is 1. The van der Waals surface area contributed by atoms with Gasteiger partial charge in [-0.05, 0) is 29.7 Å². The molecule has 2 N–H and O–H groups in total. The van der Waals surface area contributed by atoms with Crippen molar-refractivity contribution in [2.45, 2.75) is 13.3 Å². The van der Waals surface area contributed by atoms with Crippen LogP contribution in [0, 0.1) is 0 Å². The van der Waals surface area contributed by atoms with E-state index < -0.39 is 0 Å². The Morgan fingerprint density at radius 3 is 2.52 bits per heavy atom. The molecule has 1 aliphatic rings. The Morgan fingerprint density at radius 1 is 0.889 bits per heavy atom. The van der Waals surface area contributed by atoms with E-state index in [4.69, 9.17) is 0 Å². The van der Waals surface area contributed by atoms with Crippen molar-refractivity contribution < 1.29 is 4.99 Å². The summed E-state index contributed by atoms with van der Waals surface area (Å²) in [6.07, 6.45) is 5.32. The third kappa shape index (κ3) is 2.61. The Hall–Kier alpha value is -3.39. The summed E-state index contributed by atoms with van der Waals surface area (Å²) in [5.74, 6) is 0. The Morgan fingerprint density at radius 2 is 1.67 bits per heavy atom. The molecule has 0 spiro atoms. The van der Waals surface area contributed by atoms with E-state index in [0.29, 0.717) is 0 Å². The van der Waals surface area contributed by atoms with Gasteiger partial charge in [-0.3, -0.25) is 0 Å². The minimum Gasteiger partial charge on any atom is -0.361 e. The molecule has 2 heterocycles. The monoisotopic (exact) mass is 349 g/mol. The Bertz CT molecular complexity index is 1190. The van der Waals surface area contributed by atoms with E-state index in [1.54, 1.807) is 0 Å². The number of hydrogen-bond acceptors (Lipinski definition) is 0. The molecule has 3 aromatic carbocycles. The highest BCUT2D eigenvalue weighted by Gasteiger charge is 2.24. The van der Waals surface area contributed by atoms with E-state index in [2.05, 4.69) is 102 Å². The van der Waals surface area contributed by atoms with Crippen LogP contribution in [0.5, 0.6) is 0 Å². The Balaban J connectivity index is 1.81. The average Bonchev–Trinajstić information content (AvgIpc) is 3.34. The minimum absolute atomic E-state index is 1.05. The largest absolute Gasteiger partial charge is 0.361 e. The molecule has 130 valence electrons. The number of rotatable bonds is 3. The summed E-state index contributed by atoms with van der Waals surface area (Å²) in [5.41, 5.74) is 9.90. The van der Waals surface area contributed by atoms with E-state index in [1.165, 1.54) is 38.8 Å². The van der Waals surface area contributed by atoms with Gasteiger partial charge < -0.3 is 4.98 Å². The normalized spacial score (nSPS) is 14.6. The van der Waals surface area contributed by atoms with Gasteiger partial charge in [0.15, 0.2) is 6.21 Å². The highest BCUT2D eigenvalue weighted by molar-refractivity contribution is 6.24. The maximum absolute atomic E-state index is 3.44. The molecule has 0 saturated heterocycles. The van der Waals surface area contributed by atoms with Gasteiger partial charge in [-0.2, -0.15) is 0 Å². The summed E-state index contributed by atoms with van der Waals surface area (Å²) >= 11 is 0. The number of hydrogen-bond donors (Lipinski definition) is 2. The molecule has 0 saturated carbocycles. The Kier molecular flexibility index (Phi) is 3.75. The lowest BCUT2D eigenvalue weighted by Crippen LogP contribution is -2.58. The second-order valence-electron chi connectivity index (χ2n) is 6.92. The number of aromatic nitrogens is 1. The van der Waals surface area contributed by atoms with Crippen LogP contribution < -0.4 is 4.99 Å². The SMILES string of the molecule is CCc1ccc(C(=C2C=[NH+]c3ccccc32)c2c[nH]c3ccccc23)cc1. The molecular weight excluding hydrogens is 328 g/mol. The van der Waals surface area contributed by atoms with Gasteiger partial charge in [0.1, 0.15) is 0 Å². The molecule has 0 bridgehead atoms. The van der Waals surface area contributed by atoms with Crippen LogP contribution in [-0.2, 0) is 6.42 Å². The van der Waals surface area contributed by atoms with Crippen molar-refractivity contribution in [3.05, 3.63) is 101 Å². The molecule has 0 aliphatic carbocycles. The smallest absolute Gasteiger partial charge is 0.211 e. The minimum atomic E-state index is 1.05. The van der Waals surface area contributed by atoms with Crippen LogP contribution >= 0.6 is 0 Å². The molecule has 0 radical (unpaired) electrons. The van der Waals surface area contributed by atoms with Gasteiger partial charge in [-0.15, -0.1) is 0 Å². The summed E-state index contributed by atoms with van der Waals surface area (Å²) in [4.78, 5) is 6.88. The predicted octanol–water partition coefficient (Wildman–Crippen LogP) is 4.49. The second kappa shape index (κ2) is 6.40. The lowest BCUT2D eigenvalue weighted by atomic mass is 9.89. The second-order valence-corrected chi connectivity index (χ2v) is 6.92. The lowest BCUT2D eigenvalue weighted by molar-refractivity contribution is -0.342. The van der Waals surface area contributed by atoms with Gasteiger partial charge in [0.25, 0.3) is 0 Å².